The Bertz CT molecular complexity index is 1310. The zero-order valence-corrected chi connectivity index (χ0v) is 20.8. The topological polar surface area (TPSA) is 71.8 Å². The summed E-state index contributed by atoms with van der Waals surface area (Å²) >= 11 is 13.1. The van der Waals surface area contributed by atoms with Crippen molar-refractivity contribution in [3.8, 4) is 5.75 Å². The average molecular weight is 543 g/mol. The van der Waals surface area contributed by atoms with Crippen LogP contribution in [0.1, 0.15) is 40.9 Å². The number of halogens is 5. The van der Waals surface area contributed by atoms with Crippen LogP contribution in [-0.4, -0.2) is 45.9 Å². The second kappa shape index (κ2) is 10.2. The number of likely N-dealkylation sites (tertiary alicyclic amines) is 1. The van der Waals surface area contributed by atoms with E-state index in [1.54, 1.807) is 28.6 Å². The Morgan fingerprint density at radius 1 is 1.11 bits per heavy atom. The Morgan fingerprint density at radius 2 is 1.81 bits per heavy atom. The number of carbonyl (C=O) groups excluding carboxylic acids is 1. The van der Waals surface area contributed by atoms with Crippen molar-refractivity contribution in [3.63, 3.8) is 0 Å². The van der Waals surface area contributed by atoms with Crippen molar-refractivity contribution in [1.82, 2.24) is 9.47 Å². The van der Waals surface area contributed by atoms with Gasteiger partial charge in [-0.1, -0.05) is 23.2 Å². The third kappa shape index (κ3) is 5.73. The van der Waals surface area contributed by atoms with Gasteiger partial charge < -0.3 is 19.3 Å². The summed E-state index contributed by atoms with van der Waals surface area (Å²) < 4.78 is 43.6. The van der Waals surface area contributed by atoms with Crippen molar-refractivity contribution in [1.29, 1.82) is 0 Å². The molecule has 1 aliphatic rings. The van der Waals surface area contributed by atoms with Crippen molar-refractivity contribution in [2.24, 2.45) is 13.0 Å². The van der Waals surface area contributed by atoms with Gasteiger partial charge in [0.05, 0.1) is 16.1 Å². The second-order valence-corrected chi connectivity index (χ2v) is 9.65. The van der Waals surface area contributed by atoms with Crippen LogP contribution < -0.4 is 4.74 Å². The molecule has 1 aromatic heterocycles. The van der Waals surface area contributed by atoms with Gasteiger partial charge in [-0.25, -0.2) is 0 Å². The fourth-order valence-electron chi connectivity index (χ4n) is 4.60. The van der Waals surface area contributed by atoms with Gasteiger partial charge >= 0.3 is 12.3 Å². The number of hydrogen-bond acceptors (Lipinski definition) is 3. The summed E-state index contributed by atoms with van der Waals surface area (Å²) in [5.41, 5.74) is 2.10. The largest absolute Gasteiger partial charge is 0.573 e. The highest BCUT2D eigenvalue weighted by Crippen LogP contribution is 2.34. The number of piperidine rings is 1. The quantitative estimate of drug-likeness (QED) is 0.396. The van der Waals surface area contributed by atoms with Gasteiger partial charge in [0.2, 0.25) is 0 Å². The highest BCUT2D eigenvalue weighted by atomic mass is 35.5. The van der Waals surface area contributed by atoms with Crippen LogP contribution in [0, 0.1) is 5.92 Å². The van der Waals surface area contributed by atoms with E-state index in [0.717, 1.165) is 5.69 Å². The molecule has 1 saturated heterocycles. The van der Waals surface area contributed by atoms with Crippen molar-refractivity contribution in [3.05, 3.63) is 63.3 Å². The number of aliphatic carboxylic acids is 1. The minimum absolute atomic E-state index is 0.0383. The van der Waals surface area contributed by atoms with Crippen LogP contribution in [0.2, 0.25) is 10.0 Å². The second-order valence-electron chi connectivity index (χ2n) is 8.86. The lowest BCUT2D eigenvalue weighted by atomic mass is 9.93. The van der Waals surface area contributed by atoms with E-state index in [-0.39, 0.29) is 35.4 Å². The molecule has 0 radical (unpaired) electrons. The first-order valence-corrected chi connectivity index (χ1v) is 12.0. The molecular weight excluding hydrogens is 520 g/mol. The number of hydrogen-bond donors (Lipinski definition) is 1. The maximum Gasteiger partial charge on any atom is 0.573 e. The first kappa shape index (κ1) is 26.2. The molecule has 0 unspecified atom stereocenters. The number of nitrogens with zero attached hydrogens (tertiary/aromatic N) is 2. The molecule has 0 saturated carbocycles. The zero-order valence-electron chi connectivity index (χ0n) is 19.2. The van der Waals surface area contributed by atoms with Crippen molar-refractivity contribution in [2.45, 2.75) is 32.0 Å². The molecule has 1 aliphatic heterocycles. The van der Waals surface area contributed by atoms with Gasteiger partial charge in [-0.2, -0.15) is 0 Å². The van der Waals surface area contributed by atoms with Crippen LogP contribution >= 0.6 is 23.2 Å². The molecule has 1 fully saturated rings. The van der Waals surface area contributed by atoms with E-state index in [2.05, 4.69) is 4.74 Å². The molecule has 1 N–H and O–H groups in total. The number of fused-ring (bicyclic) bond motifs is 1. The molecule has 1 amide bonds. The van der Waals surface area contributed by atoms with Crippen LogP contribution in [0.5, 0.6) is 5.75 Å². The van der Waals surface area contributed by atoms with E-state index < -0.39 is 12.3 Å². The molecule has 0 spiro atoms. The van der Waals surface area contributed by atoms with Crippen LogP contribution in [0.4, 0.5) is 13.2 Å². The third-order valence-electron chi connectivity index (χ3n) is 6.49. The van der Waals surface area contributed by atoms with Gasteiger partial charge in [0.25, 0.3) is 5.91 Å². The van der Waals surface area contributed by atoms with Crippen molar-refractivity contribution in [2.75, 3.05) is 13.1 Å². The van der Waals surface area contributed by atoms with E-state index in [4.69, 9.17) is 28.3 Å². The number of aromatic nitrogens is 1. The number of alkyl halides is 3. The first-order valence-electron chi connectivity index (χ1n) is 11.2. The maximum absolute atomic E-state index is 13.2. The summed E-state index contributed by atoms with van der Waals surface area (Å²) in [6.07, 6.45) is -3.25. The number of ether oxygens (including phenoxy) is 1. The number of carboxylic acid groups (broad SMARTS) is 1. The lowest BCUT2D eigenvalue weighted by Crippen LogP contribution is -2.39. The molecule has 3 aromatic rings. The molecular formula is C25H23Cl2F3N2O4. The van der Waals surface area contributed by atoms with Gasteiger partial charge in [-0.05, 0) is 54.7 Å². The standard InChI is InChI=1S/C25H23Cl2F3N2O4/c1-31-16(11-15-2-3-17(13-21(15)31)36-25(28,29)30)12-19-20(26)5-4-18(23(19)27)24(35)32-8-6-14(7-9-32)10-22(33)34/h2-5,11,13-14H,6-10,12H2,1H3,(H,33,34). The zero-order chi connectivity index (χ0) is 26.2. The number of carboxylic acids is 1. The van der Waals surface area contributed by atoms with Gasteiger partial charge in [0.1, 0.15) is 5.75 Å². The van der Waals surface area contributed by atoms with Gasteiger partial charge in [0.15, 0.2) is 0 Å². The van der Waals surface area contributed by atoms with Crippen LogP contribution in [0.25, 0.3) is 10.9 Å². The predicted molar refractivity (Wildman–Crippen MR) is 130 cm³/mol. The molecule has 2 aromatic carbocycles. The van der Waals surface area contributed by atoms with E-state index in [1.807, 2.05) is 6.07 Å². The fraction of sp³-hybridized carbons (Fsp3) is 0.360. The maximum atomic E-state index is 13.2. The summed E-state index contributed by atoms with van der Waals surface area (Å²) in [7, 11) is 1.72. The molecule has 0 aliphatic carbocycles. The lowest BCUT2D eigenvalue weighted by Gasteiger charge is -2.31. The van der Waals surface area contributed by atoms with E-state index in [9.17, 15) is 22.8 Å². The van der Waals surface area contributed by atoms with E-state index in [0.29, 0.717) is 53.0 Å². The Balaban J connectivity index is 1.57. The summed E-state index contributed by atoms with van der Waals surface area (Å²) in [5, 5.41) is 10.3. The minimum atomic E-state index is -4.79. The summed E-state index contributed by atoms with van der Waals surface area (Å²) in [6.45, 7) is 0.882. The van der Waals surface area contributed by atoms with E-state index in [1.165, 1.54) is 18.2 Å². The number of amides is 1. The van der Waals surface area contributed by atoms with Crippen molar-refractivity contribution >= 4 is 46.0 Å². The van der Waals surface area contributed by atoms with Gasteiger partial charge in [-0.3, -0.25) is 9.59 Å². The third-order valence-corrected chi connectivity index (χ3v) is 7.27. The Kier molecular flexibility index (Phi) is 7.43. The summed E-state index contributed by atoms with van der Waals surface area (Å²) in [4.78, 5) is 25.8. The Labute approximate surface area is 215 Å². The molecule has 11 heteroatoms. The average Bonchev–Trinajstić information content (AvgIpc) is 3.10. The van der Waals surface area contributed by atoms with Gasteiger partial charge in [0, 0.05) is 55.1 Å². The number of aryl methyl sites for hydroxylation is 1. The molecule has 0 atom stereocenters. The van der Waals surface area contributed by atoms with Gasteiger partial charge in [-0.15, -0.1) is 13.2 Å². The molecule has 2 heterocycles. The SMILES string of the molecule is Cn1c(Cc2c(Cl)ccc(C(=O)N3CCC(CC(=O)O)CC3)c2Cl)cc2ccc(OC(F)(F)F)cc21. The van der Waals surface area contributed by atoms with Crippen LogP contribution in [0.15, 0.2) is 36.4 Å². The summed E-state index contributed by atoms with van der Waals surface area (Å²) in [6, 6.07) is 9.09. The monoisotopic (exact) mass is 542 g/mol. The molecule has 4 rings (SSSR count). The Morgan fingerprint density at radius 3 is 2.44 bits per heavy atom. The summed E-state index contributed by atoms with van der Waals surface area (Å²) in [5.74, 6) is -1.38. The Hall–Kier alpha value is -2.91. The lowest BCUT2D eigenvalue weighted by molar-refractivity contribution is -0.274. The number of benzene rings is 2. The highest BCUT2D eigenvalue weighted by molar-refractivity contribution is 6.38. The minimum Gasteiger partial charge on any atom is -0.481 e. The first-order chi connectivity index (χ1) is 16.9. The molecule has 0 bridgehead atoms. The number of carbonyl (C=O) groups is 2. The smallest absolute Gasteiger partial charge is 0.481 e. The molecule has 6 nitrogen and oxygen atoms in total. The fourth-order valence-corrected chi connectivity index (χ4v) is 5.18. The number of rotatable bonds is 6. The predicted octanol–water partition coefficient (Wildman–Crippen LogP) is 6.30. The highest BCUT2D eigenvalue weighted by Gasteiger charge is 2.31. The normalized spacial score (nSPS) is 14.9. The molecule has 192 valence electrons. The van der Waals surface area contributed by atoms with Crippen LogP contribution in [-0.2, 0) is 18.3 Å². The molecule has 36 heavy (non-hydrogen) atoms. The van der Waals surface area contributed by atoms with Crippen LogP contribution in [0.3, 0.4) is 0 Å². The van der Waals surface area contributed by atoms with Crippen molar-refractivity contribution < 1.29 is 32.6 Å². The van der Waals surface area contributed by atoms with E-state index >= 15 is 0 Å².